The number of carbonyl (C=O) groups excluding carboxylic acids is 1. The second-order valence-corrected chi connectivity index (χ2v) is 7.84. The van der Waals surface area contributed by atoms with Gasteiger partial charge in [0.05, 0.1) is 24.4 Å². The highest BCUT2D eigenvalue weighted by molar-refractivity contribution is 5.94. The van der Waals surface area contributed by atoms with Gasteiger partial charge in [0.15, 0.2) is 0 Å². The topological polar surface area (TPSA) is 105 Å². The molecule has 8 heteroatoms. The van der Waals surface area contributed by atoms with Crippen LogP contribution in [0.15, 0.2) is 91.4 Å². The Labute approximate surface area is 204 Å². The number of ether oxygens (including phenoxy) is 1. The van der Waals surface area contributed by atoms with Crippen LogP contribution in [0.1, 0.15) is 22.7 Å². The van der Waals surface area contributed by atoms with Gasteiger partial charge in [-0.3, -0.25) is 9.48 Å². The second kappa shape index (κ2) is 12.1. The van der Waals surface area contributed by atoms with Crippen molar-refractivity contribution >= 4 is 11.7 Å². The van der Waals surface area contributed by atoms with Crippen LogP contribution in [-0.2, 0) is 17.8 Å². The average Bonchev–Trinajstić information content (AvgIpc) is 3.42. The summed E-state index contributed by atoms with van der Waals surface area (Å²) in [5.41, 5.74) is 2.59. The summed E-state index contributed by atoms with van der Waals surface area (Å²) >= 11 is 0. The first-order chi connectivity index (χ1) is 17.2. The Morgan fingerprint density at radius 1 is 1.06 bits per heavy atom. The van der Waals surface area contributed by atoms with Crippen LogP contribution in [0.3, 0.4) is 0 Å². The summed E-state index contributed by atoms with van der Waals surface area (Å²) in [6.07, 6.45) is 5.92. The lowest BCUT2D eigenvalue weighted by Gasteiger charge is -2.19. The molecule has 0 aliphatic carbocycles. The number of nitrogens with one attached hydrogen (secondary N) is 2. The van der Waals surface area contributed by atoms with Crippen LogP contribution in [0.2, 0.25) is 0 Å². The molecule has 0 saturated carbocycles. The summed E-state index contributed by atoms with van der Waals surface area (Å²) < 4.78 is 7.49. The van der Waals surface area contributed by atoms with Gasteiger partial charge >= 0.3 is 0 Å². The Kier molecular flexibility index (Phi) is 8.19. The van der Waals surface area contributed by atoms with E-state index in [1.165, 1.54) is 0 Å². The number of hydrogen-bond acceptors (Lipinski definition) is 6. The lowest BCUT2D eigenvalue weighted by atomic mass is 10.1. The fraction of sp³-hybridized carbons (Fsp3) is 0.185. The second-order valence-electron chi connectivity index (χ2n) is 7.84. The van der Waals surface area contributed by atoms with Crippen LogP contribution >= 0.6 is 0 Å². The molecule has 176 valence electrons. The first kappa shape index (κ1) is 23.7. The zero-order valence-corrected chi connectivity index (χ0v) is 19.2. The molecule has 4 rings (SSSR count). The molecule has 0 radical (unpaired) electrons. The van der Waals surface area contributed by atoms with E-state index in [0.29, 0.717) is 36.8 Å². The van der Waals surface area contributed by atoms with E-state index in [9.17, 15) is 4.79 Å². The van der Waals surface area contributed by atoms with Gasteiger partial charge in [0.2, 0.25) is 5.91 Å². The van der Waals surface area contributed by atoms with Gasteiger partial charge in [-0.25, -0.2) is 4.98 Å². The van der Waals surface area contributed by atoms with Gasteiger partial charge in [-0.05, 0) is 47.9 Å². The van der Waals surface area contributed by atoms with Crippen LogP contribution in [0, 0.1) is 11.3 Å². The predicted octanol–water partition coefficient (Wildman–Crippen LogP) is 3.74. The summed E-state index contributed by atoms with van der Waals surface area (Å²) in [5.74, 6) is 0.871. The summed E-state index contributed by atoms with van der Waals surface area (Å²) in [5, 5.41) is 19.3. The smallest absolute Gasteiger partial charge is 0.247 e. The molecule has 0 fully saturated rings. The van der Waals surface area contributed by atoms with Gasteiger partial charge in [-0.2, -0.15) is 10.4 Å². The van der Waals surface area contributed by atoms with Crippen molar-refractivity contribution in [2.75, 3.05) is 18.5 Å². The molecule has 35 heavy (non-hydrogen) atoms. The molecule has 0 spiro atoms. The molecular formula is C27H26N6O2. The zero-order valence-electron chi connectivity index (χ0n) is 19.2. The molecular weight excluding hydrogens is 440 g/mol. The summed E-state index contributed by atoms with van der Waals surface area (Å²) in [4.78, 5) is 17.5. The van der Waals surface area contributed by atoms with Crippen molar-refractivity contribution in [1.29, 1.82) is 5.26 Å². The third kappa shape index (κ3) is 7.00. The molecule has 8 nitrogen and oxygen atoms in total. The highest BCUT2D eigenvalue weighted by Crippen LogP contribution is 2.17. The molecule has 2 N–H and O–H groups in total. The largest absolute Gasteiger partial charge is 0.490 e. The summed E-state index contributed by atoms with van der Waals surface area (Å²) in [7, 11) is 0. The van der Waals surface area contributed by atoms with E-state index in [1.807, 2.05) is 54.7 Å². The number of carbonyl (C=O) groups is 1. The third-order valence-electron chi connectivity index (χ3n) is 5.38. The van der Waals surface area contributed by atoms with Crippen molar-refractivity contribution < 1.29 is 9.53 Å². The lowest BCUT2D eigenvalue weighted by molar-refractivity contribution is -0.118. The molecule has 0 bridgehead atoms. The van der Waals surface area contributed by atoms with Gasteiger partial charge in [0.25, 0.3) is 0 Å². The van der Waals surface area contributed by atoms with Gasteiger partial charge in [-0.15, -0.1) is 0 Å². The van der Waals surface area contributed by atoms with E-state index in [2.05, 4.69) is 26.8 Å². The lowest BCUT2D eigenvalue weighted by Crippen LogP contribution is -2.34. The average molecular weight is 467 g/mol. The standard InChI is InChI=1S/C27H26N6O2/c28-19-22-9-7-21(8-10-22)13-15-29-26(23-5-2-1-3-6-23)27(34)32-25-12-11-24(20-30-25)35-18-17-33-16-4-14-31-33/h1-12,14,16,20,26,29H,13,15,17-18H2,(H,30,32,34)/t26-/m1/s1. The Hall–Kier alpha value is -4.48. The fourth-order valence-corrected chi connectivity index (χ4v) is 3.54. The zero-order chi connectivity index (χ0) is 24.3. The molecule has 2 aromatic heterocycles. The van der Waals surface area contributed by atoms with Crippen molar-refractivity contribution in [3.63, 3.8) is 0 Å². The highest BCUT2D eigenvalue weighted by atomic mass is 16.5. The molecule has 2 heterocycles. The molecule has 0 unspecified atom stereocenters. The van der Waals surface area contributed by atoms with Gasteiger partial charge in [0.1, 0.15) is 24.2 Å². The van der Waals surface area contributed by atoms with Crippen molar-refractivity contribution in [1.82, 2.24) is 20.1 Å². The van der Waals surface area contributed by atoms with Gasteiger partial charge < -0.3 is 15.4 Å². The van der Waals surface area contributed by atoms with Gasteiger partial charge in [0, 0.05) is 18.9 Å². The molecule has 2 aromatic carbocycles. The first-order valence-corrected chi connectivity index (χ1v) is 11.4. The molecule has 0 aliphatic heterocycles. The first-order valence-electron chi connectivity index (χ1n) is 11.4. The Morgan fingerprint density at radius 2 is 1.89 bits per heavy atom. The third-order valence-corrected chi connectivity index (χ3v) is 5.38. The molecule has 4 aromatic rings. The Balaban J connectivity index is 1.33. The van der Waals surface area contributed by atoms with Crippen molar-refractivity contribution in [3.05, 3.63) is 108 Å². The van der Waals surface area contributed by atoms with Crippen molar-refractivity contribution in [2.45, 2.75) is 19.0 Å². The van der Waals surface area contributed by atoms with E-state index in [1.54, 1.807) is 41.3 Å². The molecule has 1 atom stereocenters. The van der Waals surface area contributed by atoms with Crippen LogP contribution < -0.4 is 15.4 Å². The number of benzene rings is 2. The van der Waals surface area contributed by atoms with Crippen LogP contribution in [0.4, 0.5) is 5.82 Å². The van der Waals surface area contributed by atoms with E-state index in [4.69, 9.17) is 10.00 Å². The maximum Gasteiger partial charge on any atom is 0.247 e. The quantitative estimate of drug-likeness (QED) is 0.349. The normalized spacial score (nSPS) is 11.4. The summed E-state index contributed by atoms with van der Waals surface area (Å²) in [6.45, 7) is 1.70. The maximum atomic E-state index is 13.1. The van der Waals surface area contributed by atoms with E-state index < -0.39 is 6.04 Å². The number of amides is 1. The van der Waals surface area contributed by atoms with Crippen LogP contribution in [0.25, 0.3) is 0 Å². The number of anilines is 1. The predicted molar refractivity (Wildman–Crippen MR) is 133 cm³/mol. The monoisotopic (exact) mass is 466 g/mol. The minimum absolute atomic E-state index is 0.198. The van der Waals surface area contributed by atoms with Crippen molar-refractivity contribution in [3.8, 4) is 11.8 Å². The van der Waals surface area contributed by atoms with E-state index in [-0.39, 0.29) is 5.91 Å². The maximum absolute atomic E-state index is 13.1. The number of nitrogens with zero attached hydrogens (tertiary/aromatic N) is 4. The van der Waals surface area contributed by atoms with Gasteiger partial charge in [-0.1, -0.05) is 42.5 Å². The van der Waals surface area contributed by atoms with Crippen LogP contribution in [0.5, 0.6) is 5.75 Å². The van der Waals surface area contributed by atoms with E-state index in [0.717, 1.165) is 17.5 Å². The minimum Gasteiger partial charge on any atom is -0.490 e. The number of aromatic nitrogens is 3. The number of rotatable bonds is 11. The van der Waals surface area contributed by atoms with E-state index >= 15 is 0 Å². The fourth-order valence-electron chi connectivity index (χ4n) is 3.54. The number of nitriles is 1. The van der Waals surface area contributed by atoms with Crippen molar-refractivity contribution in [2.24, 2.45) is 0 Å². The summed E-state index contributed by atoms with van der Waals surface area (Å²) in [6, 6.07) is 24.0. The molecule has 1 amide bonds. The molecule has 0 saturated heterocycles. The SMILES string of the molecule is N#Cc1ccc(CCN[C@@H](C(=O)Nc2ccc(OCCn3cccn3)cn2)c2ccccc2)cc1. The molecule has 0 aliphatic rings. The van der Waals surface area contributed by atoms with Crippen LogP contribution in [-0.4, -0.2) is 33.8 Å². The highest BCUT2D eigenvalue weighted by Gasteiger charge is 2.20. The minimum atomic E-state index is -0.540. The Bertz CT molecular complexity index is 1230. The number of pyridine rings is 1. The number of hydrogen-bond donors (Lipinski definition) is 2. The Morgan fingerprint density at radius 3 is 2.57 bits per heavy atom.